The number of ether oxygens (including phenoxy) is 1. The van der Waals surface area contributed by atoms with E-state index >= 15 is 8.78 Å². The molecule has 9 heteroatoms. The summed E-state index contributed by atoms with van der Waals surface area (Å²) in [6.45, 7) is 3.40. The summed E-state index contributed by atoms with van der Waals surface area (Å²) in [5.74, 6) is -3.06. The Hall–Kier alpha value is -5.31. The van der Waals surface area contributed by atoms with Gasteiger partial charge in [0.05, 0.1) is 12.5 Å². The van der Waals surface area contributed by atoms with Crippen LogP contribution in [0.4, 0.5) is 8.78 Å². The average molecular weight is 581 g/mol. The van der Waals surface area contributed by atoms with Gasteiger partial charge in [0.25, 0.3) is 5.56 Å². The Morgan fingerprint density at radius 1 is 0.907 bits per heavy atom. The zero-order valence-electron chi connectivity index (χ0n) is 23.2. The summed E-state index contributed by atoms with van der Waals surface area (Å²) in [7, 11) is 0. The Morgan fingerprint density at radius 3 is 2.44 bits per heavy atom. The van der Waals surface area contributed by atoms with Crippen molar-refractivity contribution < 1.29 is 28.2 Å². The van der Waals surface area contributed by atoms with Crippen LogP contribution in [0, 0.1) is 25.5 Å². The van der Waals surface area contributed by atoms with Crippen LogP contribution in [0.1, 0.15) is 40.8 Å². The van der Waals surface area contributed by atoms with Gasteiger partial charge < -0.3 is 15.2 Å². The Bertz CT molecular complexity index is 2000. The van der Waals surface area contributed by atoms with Crippen molar-refractivity contribution in [3.63, 3.8) is 0 Å². The molecule has 0 saturated heterocycles. The van der Waals surface area contributed by atoms with Gasteiger partial charge in [-0.2, -0.15) is 0 Å². The lowest BCUT2D eigenvalue weighted by Crippen LogP contribution is -2.40. The van der Waals surface area contributed by atoms with Gasteiger partial charge in [-0.1, -0.05) is 36.4 Å². The minimum absolute atomic E-state index is 0.0593. The van der Waals surface area contributed by atoms with Crippen molar-refractivity contribution in [2.24, 2.45) is 0 Å². The van der Waals surface area contributed by atoms with Gasteiger partial charge in [-0.3, -0.25) is 19.0 Å². The number of aromatic nitrogens is 1. The molecule has 2 heterocycles. The number of carbonyl (C=O) groups excluding carboxylic acids is 1. The van der Waals surface area contributed by atoms with Gasteiger partial charge in [-0.25, -0.2) is 8.78 Å². The predicted molar refractivity (Wildman–Crippen MR) is 157 cm³/mol. The molecular weight excluding hydrogens is 554 g/mol. The molecule has 4 aromatic carbocycles. The fraction of sp³-hybridized carbons (Fsp3) is 0.147. The minimum atomic E-state index is -1.58. The number of nitrogens with one attached hydrogen (secondary N) is 1. The molecule has 43 heavy (non-hydrogen) atoms. The monoisotopic (exact) mass is 580 g/mol. The highest BCUT2D eigenvalue weighted by molar-refractivity contribution is 5.87. The predicted octanol–water partition coefficient (Wildman–Crippen LogP) is 6.59. The van der Waals surface area contributed by atoms with Crippen LogP contribution in [0.25, 0.3) is 21.9 Å². The van der Waals surface area contributed by atoms with Gasteiger partial charge in [0.1, 0.15) is 29.2 Å². The van der Waals surface area contributed by atoms with E-state index < -0.39 is 47.6 Å². The van der Waals surface area contributed by atoms with Gasteiger partial charge in [0, 0.05) is 29.0 Å². The molecule has 1 amide bonds. The lowest BCUT2D eigenvalue weighted by molar-refractivity contribution is -0.137. The Kier molecular flexibility index (Phi) is 7.01. The molecule has 0 fully saturated rings. The molecule has 216 valence electrons. The molecule has 0 radical (unpaired) electrons. The molecule has 1 aliphatic heterocycles. The number of fused-ring (bicyclic) bond motifs is 7. The molecule has 2 unspecified atom stereocenters. The molecule has 1 aliphatic rings. The number of amides is 1. The van der Waals surface area contributed by atoms with Gasteiger partial charge in [-0.15, -0.1) is 0 Å². The molecule has 6 rings (SSSR count). The first-order valence-corrected chi connectivity index (χ1v) is 13.6. The fourth-order valence-electron chi connectivity index (χ4n) is 5.68. The van der Waals surface area contributed by atoms with Crippen LogP contribution in [-0.4, -0.2) is 21.6 Å². The second-order valence-corrected chi connectivity index (χ2v) is 10.6. The van der Waals surface area contributed by atoms with E-state index in [4.69, 9.17) is 4.74 Å². The zero-order valence-corrected chi connectivity index (χ0v) is 23.2. The standard InChI is InChI=1S/C34H26F2N2O5/c1-18-6-5-9-28-31(18)22-12-19(2)32(36)25(13-22)27(16-30(40)41)37-34(42)33(24-15-23(43-28)10-11-26(24)35)38-17-21-8-4-3-7-20(21)14-29(38)39/h3-15,17,27,33H,16H2,1-2H3,(H,37,42)(H,40,41). The van der Waals surface area contributed by atoms with Crippen molar-refractivity contribution in [1.82, 2.24) is 9.88 Å². The fourth-order valence-corrected chi connectivity index (χ4v) is 5.68. The van der Waals surface area contributed by atoms with Crippen molar-refractivity contribution >= 4 is 22.6 Å². The maximum atomic E-state index is 15.7. The second-order valence-electron chi connectivity index (χ2n) is 10.6. The van der Waals surface area contributed by atoms with Crippen molar-refractivity contribution in [2.75, 3.05) is 0 Å². The molecule has 1 aromatic heterocycles. The smallest absolute Gasteiger partial charge is 0.305 e. The Morgan fingerprint density at radius 2 is 1.67 bits per heavy atom. The van der Waals surface area contributed by atoms with E-state index in [9.17, 15) is 19.5 Å². The number of hydrogen-bond acceptors (Lipinski definition) is 4. The summed E-state index contributed by atoms with van der Waals surface area (Å²) < 4.78 is 38.7. The quantitative estimate of drug-likeness (QED) is 0.251. The van der Waals surface area contributed by atoms with Crippen LogP contribution in [0.3, 0.4) is 0 Å². The number of nitrogens with zero attached hydrogens (tertiary/aromatic N) is 1. The summed E-state index contributed by atoms with van der Waals surface area (Å²) in [6, 6.07) is 17.8. The summed E-state index contributed by atoms with van der Waals surface area (Å²) >= 11 is 0. The van der Waals surface area contributed by atoms with Crippen molar-refractivity contribution in [1.29, 1.82) is 0 Å². The van der Waals surface area contributed by atoms with E-state index in [1.165, 1.54) is 30.5 Å². The van der Waals surface area contributed by atoms with E-state index in [-0.39, 0.29) is 22.4 Å². The summed E-state index contributed by atoms with van der Waals surface area (Å²) in [6.07, 6.45) is 0.785. The van der Waals surface area contributed by atoms with Gasteiger partial charge in [0.2, 0.25) is 5.91 Å². The van der Waals surface area contributed by atoms with E-state index in [1.807, 2.05) is 13.0 Å². The molecule has 0 spiro atoms. The van der Waals surface area contributed by atoms with Crippen LogP contribution >= 0.6 is 0 Å². The minimum Gasteiger partial charge on any atom is -0.481 e. The van der Waals surface area contributed by atoms with E-state index in [0.717, 1.165) is 16.2 Å². The van der Waals surface area contributed by atoms with Crippen LogP contribution in [-0.2, 0) is 9.59 Å². The number of rotatable bonds is 3. The number of aliphatic carboxylic acids is 1. The highest BCUT2D eigenvalue weighted by Crippen LogP contribution is 2.40. The number of carbonyl (C=O) groups is 2. The normalized spacial score (nSPS) is 16.2. The van der Waals surface area contributed by atoms with Crippen LogP contribution in [0.15, 0.2) is 89.9 Å². The maximum Gasteiger partial charge on any atom is 0.305 e. The van der Waals surface area contributed by atoms with Crippen molar-refractivity contribution in [2.45, 2.75) is 32.4 Å². The number of pyridine rings is 1. The summed E-state index contributed by atoms with van der Waals surface area (Å²) in [4.78, 5) is 39.5. The Labute approximate surface area is 245 Å². The molecule has 7 nitrogen and oxygen atoms in total. The number of hydrogen-bond donors (Lipinski definition) is 2. The average Bonchev–Trinajstić information content (AvgIpc) is 2.96. The SMILES string of the molecule is Cc1cc2cc(c1F)C(CC(=O)O)NC(=O)C(n1cc3ccccc3cc1=O)c1cc(ccc1F)Oc1cccc(C)c1-2. The summed E-state index contributed by atoms with van der Waals surface area (Å²) in [5.41, 5.74) is 1.37. The van der Waals surface area contributed by atoms with Crippen molar-refractivity contribution in [3.8, 4) is 22.6 Å². The second kappa shape index (κ2) is 10.8. The highest BCUT2D eigenvalue weighted by Gasteiger charge is 2.32. The topological polar surface area (TPSA) is 97.6 Å². The first kappa shape index (κ1) is 27.8. The van der Waals surface area contributed by atoms with E-state index in [1.54, 1.807) is 49.4 Å². The van der Waals surface area contributed by atoms with Crippen LogP contribution < -0.4 is 15.6 Å². The van der Waals surface area contributed by atoms with E-state index in [0.29, 0.717) is 27.6 Å². The largest absolute Gasteiger partial charge is 0.481 e. The number of benzene rings is 4. The molecule has 2 atom stereocenters. The van der Waals surface area contributed by atoms with Crippen LogP contribution in [0.5, 0.6) is 11.5 Å². The van der Waals surface area contributed by atoms with Gasteiger partial charge >= 0.3 is 5.97 Å². The third-order valence-electron chi connectivity index (χ3n) is 7.70. The molecule has 4 bridgehead atoms. The Balaban J connectivity index is 1.65. The lowest BCUT2D eigenvalue weighted by atomic mass is 9.92. The van der Waals surface area contributed by atoms with Gasteiger partial charge in [0.15, 0.2) is 0 Å². The van der Waals surface area contributed by atoms with Gasteiger partial charge in [-0.05, 0) is 77.7 Å². The number of carboxylic acid groups (broad SMARTS) is 1. The number of halogens is 2. The van der Waals surface area contributed by atoms with Crippen molar-refractivity contribution in [3.05, 3.63) is 129 Å². The molecule has 5 aromatic rings. The lowest BCUT2D eigenvalue weighted by Gasteiger charge is -2.25. The number of aryl methyl sites for hydroxylation is 2. The first-order chi connectivity index (χ1) is 20.6. The van der Waals surface area contributed by atoms with Crippen LogP contribution in [0.2, 0.25) is 0 Å². The molecule has 0 aliphatic carbocycles. The first-order valence-electron chi connectivity index (χ1n) is 13.6. The third-order valence-corrected chi connectivity index (χ3v) is 7.70. The zero-order chi connectivity index (χ0) is 30.4. The molecular formula is C34H26F2N2O5. The third kappa shape index (κ3) is 5.14. The molecule has 2 N–H and O–H groups in total. The summed E-state index contributed by atoms with van der Waals surface area (Å²) in [5, 5.41) is 13.6. The highest BCUT2D eigenvalue weighted by atomic mass is 19.1. The number of carboxylic acids is 1. The maximum absolute atomic E-state index is 15.7. The van der Waals surface area contributed by atoms with E-state index in [2.05, 4.69) is 5.32 Å². The molecule has 0 saturated carbocycles.